The zero-order chi connectivity index (χ0) is 12.3. The number of carbonyl (C=O) groups excluding carboxylic acids is 1. The average Bonchev–Trinajstić information content (AvgIpc) is 2.18. The highest BCUT2D eigenvalue weighted by atomic mass is 79.9. The van der Waals surface area contributed by atoms with Crippen molar-refractivity contribution < 1.29 is 9.72 Å². The molecule has 0 saturated heterocycles. The Hall–Kier alpha value is -1.63. The maximum atomic E-state index is 10.6. The molecule has 1 aromatic carbocycles. The Kier molecular flexibility index (Phi) is 3.83. The molecule has 0 heterocycles. The number of halogens is 1. The van der Waals surface area contributed by atoms with Crippen LogP contribution in [0.3, 0.4) is 0 Å². The van der Waals surface area contributed by atoms with Crippen LogP contribution in [-0.2, 0) is 4.79 Å². The van der Waals surface area contributed by atoms with E-state index < -0.39 is 10.8 Å². The van der Waals surface area contributed by atoms with Gasteiger partial charge in [-0.15, -0.1) is 0 Å². The summed E-state index contributed by atoms with van der Waals surface area (Å²) in [6.45, 7) is 1.61. The van der Waals surface area contributed by atoms with E-state index in [1.807, 2.05) is 0 Å². The number of anilines is 1. The molecule has 0 aliphatic heterocycles. The zero-order valence-electron chi connectivity index (χ0n) is 8.49. The number of hydrogen-bond donors (Lipinski definition) is 2. The van der Waals surface area contributed by atoms with Crippen molar-refractivity contribution in [2.24, 2.45) is 5.73 Å². The summed E-state index contributed by atoms with van der Waals surface area (Å²) in [6.07, 6.45) is 0. The number of aryl methyl sites for hydroxylation is 1. The van der Waals surface area contributed by atoms with Gasteiger partial charge in [0.25, 0.3) is 5.69 Å². The molecule has 0 radical (unpaired) electrons. The minimum Gasteiger partial charge on any atom is -0.375 e. The average molecular weight is 288 g/mol. The highest BCUT2D eigenvalue weighted by Gasteiger charge is 2.14. The molecule has 0 atom stereocenters. The Labute approximate surface area is 100 Å². The molecule has 1 rings (SSSR count). The van der Waals surface area contributed by atoms with Gasteiger partial charge in [0.05, 0.1) is 11.5 Å². The number of amides is 1. The summed E-state index contributed by atoms with van der Waals surface area (Å²) in [5, 5.41) is 13.4. The molecule has 0 bridgehead atoms. The molecule has 0 saturated carbocycles. The minimum absolute atomic E-state index is 0.0180. The Morgan fingerprint density at radius 2 is 2.25 bits per heavy atom. The van der Waals surface area contributed by atoms with Crippen molar-refractivity contribution in [1.29, 1.82) is 0 Å². The third kappa shape index (κ3) is 2.93. The van der Waals surface area contributed by atoms with E-state index in [-0.39, 0.29) is 12.2 Å². The molecule has 0 aliphatic carbocycles. The SMILES string of the molecule is Cc1cc(NCC(N)=O)c(Br)cc1[N+](=O)[O-]. The lowest BCUT2D eigenvalue weighted by Gasteiger charge is -2.08. The third-order valence-corrected chi connectivity index (χ3v) is 2.59. The van der Waals surface area contributed by atoms with E-state index in [9.17, 15) is 14.9 Å². The number of benzene rings is 1. The third-order valence-electron chi connectivity index (χ3n) is 1.94. The van der Waals surface area contributed by atoms with Gasteiger partial charge in [-0.3, -0.25) is 14.9 Å². The quantitative estimate of drug-likeness (QED) is 0.648. The van der Waals surface area contributed by atoms with E-state index in [4.69, 9.17) is 5.73 Å². The Morgan fingerprint density at radius 1 is 1.62 bits per heavy atom. The van der Waals surface area contributed by atoms with Gasteiger partial charge in [0, 0.05) is 21.8 Å². The molecule has 1 aromatic rings. The number of rotatable bonds is 4. The first-order valence-electron chi connectivity index (χ1n) is 4.38. The number of nitro groups is 1. The molecular formula is C9H10BrN3O3. The lowest BCUT2D eigenvalue weighted by molar-refractivity contribution is -0.385. The summed E-state index contributed by atoms with van der Waals surface area (Å²) in [5.74, 6) is -0.497. The van der Waals surface area contributed by atoms with Crippen LogP contribution in [0.4, 0.5) is 11.4 Å². The molecule has 0 aromatic heterocycles. The maximum Gasteiger partial charge on any atom is 0.273 e. The highest BCUT2D eigenvalue weighted by molar-refractivity contribution is 9.10. The van der Waals surface area contributed by atoms with Crippen LogP contribution >= 0.6 is 15.9 Å². The fourth-order valence-corrected chi connectivity index (χ4v) is 1.66. The maximum absolute atomic E-state index is 10.6. The molecule has 0 unspecified atom stereocenters. The van der Waals surface area contributed by atoms with Gasteiger partial charge in [0.1, 0.15) is 0 Å². The summed E-state index contributed by atoms with van der Waals surface area (Å²) >= 11 is 3.18. The number of nitrogens with two attached hydrogens (primary N) is 1. The van der Waals surface area contributed by atoms with Gasteiger partial charge in [-0.05, 0) is 28.9 Å². The monoisotopic (exact) mass is 287 g/mol. The minimum atomic E-state index is -0.497. The lowest BCUT2D eigenvalue weighted by atomic mass is 10.2. The number of primary amides is 1. The number of nitrogens with one attached hydrogen (secondary N) is 1. The van der Waals surface area contributed by atoms with Gasteiger partial charge in [-0.1, -0.05) is 0 Å². The second-order valence-electron chi connectivity index (χ2n) is 3.20. The van der Waals surface area contributed by atoms with Crippen molar-refractivity contribution in [2.45, 2.75) is 6.92 Å². The molecule has 86 valence electrons. The number of carbonyl (C=O) groups is 1. The van der Waals surface area contributed by atoms with Gasteiger partial charge >= 0.3 is 0 Å². The number of hydrogen-bond acceptors (Lipinski definition) is 4. The summed E-state index contributed by atoms with van der Waals surface area (Å²) in [5.41, 5.74) is 6.12. The summed E-state index contributed by atoms with van der Waals surface area (Å²) in [7, 11) is 0. The van der Waals surface area contributed by atoms with Crippen LogP contribution in [0, 0.1) is 17.0 Å². The van der Waals surface area contributed by atoms with Crippen LogP contribution in [0.15, 0.2) is 16.6 Å². The smallest absolute Gasteiger partial charge is 0.273 e. The van der Waals surface area contributed by atoms with E-state index in [0.717, 1.165) is 0 Å². The van der Waals surface area contributed by atoms with Crippen molar-refractivity contribution in [3.63, 3.8) is 0 Å². The van der Waals surface area contributed by atoms with Crippen LogP contribution in [0.1, 0.15) is 5.56 Å². The summed E-state index contributed by atoms with van der Waals surface area (Å²) in [4.78, 5) is 20.8. The Balaban J connectivity index is 3.01. The largest absolute Gasteiger partial charge is 0.375 e. The first-order chi connectivity index (χ1) is 7.41. The molecule has 6 nitrogen and oxygen atoms in total. The van der Waals surface area contributed by atoms with Gasteiger partial charge in [0.2, 0.25) is 5.91 Å². The second kappa shape index (κ2) is 4.93. The molecule has 1 amide bonds. The topological polar surface area (TPSA) is 98.3 Å². The first kappa shape index (κ1) is 12.4. The summed E-state index contributed by atoms with van der Waals surface area (Å²) in [6, 6.07) is 2.98. The molecule has 0 spiro atoms. The second-order valence-corrected chi connectivity index (χ2v) is 4.05. The summed E-state index contributed by atoms with van der Waals surface area (Å²) < 4.78 is 0.519. The predicted octanol–water partition coefficient (Wildman–Crippen LogP) is 1.56. The van der Waals surface area contributed by atoms with E-state index in [1.54, 1.807) is 13.0 Å². The Morgan fingerprint density at radius 3 is 2.75 bits per heavy atom. The van der Waals surface area contributed by atoms with Crippen molar-refractivity contribution in [3.05, 3.63) is 32.3 Å². The van der Waals surface area contributed by atoms with Crippen LogP contribution in [0.5, 0.6) is 0 Å². The van der Waals surface area contributed by atoms with E-state index >= 15 is 0 Å². The lowest BCUT2D eigenvalue weighted by Crippen LogP contribution is -2.22. The molecule has 0 fully saturated rings. The van der Waals surface area contributed by atoms with E-state index in [1.165, 1.54) is 6.07 Å². The zero-order valence-corrected chi connectivity index (χ0v) is 10.1. The standard InChI is InChI=1S/C9H10BrN3O3/c1-5-2-7(12-4-9(11)14)6(10)3-8(5)13(15)16/h2-3,12H,4H2,1H3,(H2,11,14). The van der Waals surface area contributed by atoms with Crippen molar-refractivity contribution in [2.75, 3.05) is 11.9 Å². The van der Waals surface area contributed by atoms with Crippen molar-refractivity contribution in [3.8, 4) is 0 Å². The van der Waals surface area contributed by atoms with Crippen molar-refractivity contribution >= 4 is 33.2 Å². The highest BCUT2D eigenvalue weighted by Crippen LogP contribution is 2.30. The normalized spacial score (nSPS) is 9.88. The van der Waals surface area contributed by atoms with Crippen LogP contribution < -0.4 is 11.1 Å². The Bertz CT molecular complexity index is 448. The predicted molar refractivity (Wildman–Crippen MR) is 63.2 cm³/mol. The first-order valence-corrected chi connectivity index (χ1v) is 5.18. The number of nitro benzene ring substituents is 1. The molecule has 16 heavy (non-hydrogen) atoms. The van der Waals surface area contributed by atoms with E-state index in [0.29, 0.717) is 15.7 Å². The fraction of sp³-hybridized carbons (Fsp3) is 0.222. The van der Waals surface area contributed by atoms with Crippen molar-refractivity contribution in [1.82, 2.24) is 0 Å². The van der Waals surface area contributed by atoms with Crippen LogP contribution in [-0.4, -0.2) is 17.4 Å². The van der Waals surface area contributed by atoms with E-state index in [2.05, 4.69) is 21.2 Å². The van der Waals surface area contributed by atoms with Gasteiger partial charge < -0.3 is 11.1 Å². The molecule has 3 N–H and O–H groups in total. The molecular weight excluding hydrogens is 278 g/mol. The van der Waals surface area contributed by atoms with Crippen LogP contribution in [0.25, 0.3) is 0 Å². The fourth-order valence-electron chi connectivity index (χ4n) is 1.19. The number of nitrogens with zero attached hydrogens (tertiary/aromatic N) is 1. The van der Waals surface area contributed by atoms with Crippen LogP contribution in [0.2, 0.25) is 0 Å². The van der Waals surface area contributed by atoms with Gasteiger partial charge in [-0.25, -0.2) is 0 Å². The molecule has 7 heteroatoms. The van der Waals surface area contributed by atoms with Gasteiger partial charge in [-0.2, -0.15) is 0 Å². The van der Waals surface area contributed by atoms with Gasteiger partial charge in [0.15, 0.2) is 0 Å². The molecule has 0 aliphatic rings.